The highest BCUT2D eigenvalue weighted by atomic mass is 19.1. The Balaban J connectivity index is 1.37. The average molecular weight is 504 g/mol. The summed E-state index contributed by atoms with van der Waals surface area (Å²) in [6.07, 6.45) is 12.3. The second-order valence-corrected chi connectivity index (χ2v) is 10.1. The summed E-state index contributed by atoms with van der Waals surface area (Å²) in [5.74, 6) is -2.42. The number of allylic oxidation sites excluding steroid dienone is 2. The maximum absolute atomic E-state index is 16.0. The number of pyridine rings is 1. The lowest BCUT2D eigenvalue weighted by Gasteiger charge is -2.47. The molecule has 2 bridgehead atoms. The zero-order valence-electron chi connectivity index (χ0n) is 19.7. The van der Waals surface area contributed by atoms with E-state index in [4.69, 9.17) is 0 Å². The van der Waals surface area contributed by atoms with Gasteiger partial charge in [-0.3, -0.25) is 4.79 Å². The van der Waals surface area contributed by atoms with Crippen molar-refractivity contribution in [2.75, 3.05) is 5.32 Å². The zero-order chi connectivity index (χ0) is 25.3. The molecule has 0 aromatic carbocycles. The first-order valence-electron chi connectivity index (χ1n) is 12.4. The number of nitrogens with one attached hydrogen (secondary N) is 2. The van der Waals surface area contributed by atoms with Crippen molar-refractivity contribution in [1.82, 2.24) is 29.7 Å². The van der Waals surface area contributed by atoms with E-state index in [1.54, 1.807) is 17.1 Å². The molecule has 37 heavy (non-hydrogen) atoms. The van der Waals surface area contributed by atoms with Gasteiger partial charge < -0.3 is 15.4 Å². The van der Waals surface area contributed by atoms with Crippen molar-refractivity contribution >= 4 is 28.5 Å². The highest BCUT2D eigenvalue weighted by Gasteiger charge is 2.47. The maximum Gasteiger partial charge on any atom is 0.308 e. The molecule has 3 N–H and O–H groups in total. The molecule has 0 radical (unpaired) electrons. The average Bonchev–Trinajstić information content (AvgIpc) is 3.48. The molecule has 0 aliphatic heterocycles. The number of rotatable bonds is 6. The molecule has 2 atom stereocenters. The van der Waals surface area contributed by atoms with Crippen molar-refractivity contribution in [1.29, 1.82) is 0 Å². The molecular formula is C26H23F2N7O2. The molecule has 4 aliphatic rings. The predicted octanol–water partition coefficient (Wildman–Crippen LogP) is 4.71. The van der Waals surface area contributed by atoms with Crippen molar-refractivity contribution in [3.05, 3.63) is 48.6 Å². The van der Waals surface area contributed by atoms with Crippen molar-refractivity contribution in [2.45, 2.75) is 38.1 Å². The Kier molecular flexibility index (Phi) is 4.89. The zero-order valence-corrected chi connectivity index (χ0v) is 19.7. The van der Waals surface area contributed by atoms with Crippen LogP contribution in [-0.2, 0) is 4.79 Å². The van der Waals surface area contributed by atoms with Crippen LogP contribution in [-0.4, -0.2) is 46.8 Å². The molecule has 0 unspecified atom stereocenters. The van der Waals surface area contributed by atoms with Crippen LogP contribution in [0.25, 0.3) is 39.4 Å². The number of hydrogen-bond acceptors (Lipinski definition) is 6. The van der Waals surface area contributed by atoms with E-state index >= 15 is 4.39 Å². The molecule has 4 heterocycles. The van der Waals surface area contributed by atoms with Crippen LogP contribution in [0.5, 0.6) is 0 Å². The molecule has 4 aromatic heterocycles. The standard InChI is InChI=1S/C26H23F2N7O2/c27-15-7-17-18(10-30-23(17)29-9-15)24-33-22(14-8-31-35(11-14)16-5-6-16)20(28)25(34-24)32-21-13-3-1-12(2-4-13)19(21)26(36)37/h5,7-13,19,21H,1-4,6H2,(H,29,30)(H,36,37)(H,32,33,34)/t12?,13?,19-,21-/m0/s1. The molecule has 3 fully saturated rings. The van der Waals surface area contributed by atoms with Gasteiger partial charge in [-0.25, -0.2) is 28.4 Å². The molecule has 0 saturated heterocycles. The molecule has 0 spiro atoms. The first kappa shape index (κ1) is 22.1. The van der Waals surface area contributed by atoms with Crippen LogP contribution >= 0.6 is 0 Å². The Bertz CT molecular complexity index is 1590. The summed E-state index contributed by atoms with van der Waals surface area (Å²) in [6.45, 7) is 0. The minimum Gasteiger partial charge on any atom is -0.481 e. The highest BCUT2D eigenvalue weighted by molar-refractivity contribution is 5.92. The van der Waals surface area contributed by atoms with Crippen molar-refractivity contribution in [3.8, 4) is 22.6 Å². The van der Waals surface area contributed by atoms with E-state index in [1.807, 2.05) is 6.08 Å². The minimum atomic E-state index is -0.876. The van der Waals surface area contributed by atoms with Crippen LogP contribution in [0.4, 0.5) is 14.6 Å². The summed E-state index contributed by atoms with van der Waals surface area (Å²) in [5.41, 5.74) is 2.42. The van der Waals surface area contributed by atoms with E-state index in [0.29, 0.717) is 22.2 Å². The van der Waals surface area contributed by atoms with Crippen molar-refractivity contribution in [2.24, 2.45) is 17.8 Å². The first-order valence-corrected chi connectivity index (χ1v) is 12.4. The van der Waals surface area contributed by atoms with E-state index < -0.39 is 29.6 Å². The molecular weight excluding hydrogens is 480 g/mol. The Morgan fingerprint density at radius 1 is 1.14 bits per heavy atom. The number of aromatic nitrogens is 6. The topological polar surface area (TPSA) is 122 Å². The fourth-order valence-corrected chi connectivity index (χ4v) is 6.02. The summed E-state index contributed by atoms with van der Waals surface area (Å²) in [6, 6.07) is 0.878. The minimum absolute atomic E-state index is 0.0338. The SMILES string of the molecule is O=C(O)[C@H]1C2CCC(CC2)[C@@H]1Nc1nc(-c2c[nH]c3ncc(F)cc23)nc(-c2cnn(C3=CC3)c2)c1F. The van der Waals surface area contributed by atoms with Crippen LogP contribution in [0.15, 0.2) is 36.9 Å². The largest absolute Gasteiger partial charge is 0.481 e. The van der Waals surface area contributed by atoms with Crippen LogP contribution in [0, 0.1) is 29.4 Å². The van der Waals surface area contributed by atoms with Gasteiger partial charge in [-0.2, -0.15) is 5.10 Å². The number of halogens is 2. The van der Waals surface area contributed by atoms with Crippen LogP contribution in [0.3, 0.4) is 0 Å². The lowest BCUT2D eigenvalue weighted by atomic mass is 9.61. The van der Waals surface area contributed by atoms with Gasteiger partial charge in [0.25, 0.3) is 0 Å². The number of hydrogen-bond donors (Lipinski definition) is 3. The number of fused-ring (bicyclic) bond motifs is 4. The summed E-state index contributed by atoms with van der Waals surface area (Å²) in [5, 5.41) is 18.0. The Morgan fingerprint density at radius 3 is 2.68 bits per heavy atom. The molecule has 4 aliphatic carbocycles. The lowest BCUT2D eigenvalue weighted by Crippen LogP contribution is -2.51. The van der Waals surface area contributed by atoms with Gasteiger partial charge in [0.05, 0.1) is 18.3 Å². The number of nitrogens with zero attached hydrogens (tertiary/aromatic N) is 5. The number of anilines is 1. The van der Waals surface area contributed by atoms with Crippen LogP contribution in [0.1, 0.15) is 32.1 Å². The summed E-state index contributed by atoms with van der Waals surface area (Å²) in [4.78, 5) is 28.3. The van der Waals surface area contributed by atoms with Gasteiger partial charge in [0.1, 0.15) is 17.2 Å². The fourth-order valence-electron chi connectivity index (χ4n) is 6.02. The number of carboxylic acid groups (broad SMARTS) is 1. The fraction of sp³-hybridized carbons (Fsp3) is 0.346. The summed E-state index contributed by atoms with van der Waals surface area (Å²) >= 11 is 0. The predicted molar refractivity (Wildman–Crippen MR) is 131 cm³/mol. The van der Waals surface area contributed by atoms with Gasteiger partial charge in [0.2, 0.25) is 0 Å². The third-order valence-electron chi connectivity index (χ3n) is 7.93. The van der Waals surface area contributed by atoms with Crippen molar-refractivity contribution < 1.29 is 18.7 Å². The molecule has 9 nitrogen and oxygen atoms in total. The highest BCUT2D eigenvalue weighted by Crippen LogP contribution is 2.47. The lowest BCUT2D eigenvalue weighted by molar-refractivity contribution is -0.148. The summed E-state index contributed by atoms with van der Waals surface area (Å²) < 4.78 is 31.8. The second-order valence-electron chi connectivity index (χ2n) is 10.1. The molecule has 4 aromatic rings. The smallest absolute Gasteiger partial charge is 0.308 e. The Hall–Kier alpha value is -4.15. The number of H-pyrrole nitrogens is 1. The molecule has 3 saturated carbocycles. The van der Waals surface area contributed by atoms with Crippen LogP contribution < -0.4 is 5.32 Å². The number of aromatic amines is 1. The van der Waals surface area contributed by atoms with Gasteiger partial charge in [-0.05, 0) is 43.6 Å². The third-order valence-corrected chi connectivity index (χ3v) is 7.93. The van der Waals surface area contributed by atoms with Crippen molar-refractivity contribution in [3.63, 3.8) is 0 Å². The monoisotopic (exact) mass is 503 g/mol. The molecule has 11 heteroatoms. The van der Waals surface area contributed by atoms with Gasteiger partial charge in [-0.1, -0.05) is 6.08 Å². The van der Waals surface area contributed by atoms with Gasteiger partial charge >= 0.3 is 5.97 Å². The summed E-state index contributed by atoms with van der Waals surface area (Å²) in [7, 11) is 0. The molecule has 0 amide bonds. The van der Waals surface area contributed by atoms with Gasteiger partial charge in [-0.15, -0.1) is 0 Å². The molecule has 8 rings (SSSR count). The number of carbonyl (C=O) groups is 1. The van der Waals surface area contributed by atoms with Gasteiger partial charge in [0.15, 0.2) is 17.5 Å². The Morgan fingerprint density at radius 2 is 1.92 bits per heavy atom. The maximum atomic E-state index is 16.0. The van der Waals surface area contributed by atoms with Crippen LogP contribution in [0.2, 0.25) is 0 Å². The van der Waals surface area contributed by atoms with E-state index in [-0.39, 0.29) is 29.2 Å². The Labute approximate surface area is 209 Å². The van der Waals surface area contributed by atoms with E-state index in [0.717, 1.165) is 44.0 Å². The number of carboxylic acids is 1. The number of aliphatic carboxylic acids is 1. The normalized spacial score (nSPS) is 24.3. The quantitative estimate of drug-likeness (QED) is 0.348. The van der Waals surface area contributed by atoms with E-state index in [2.05, 4.69) is 30.4 Å². The van der Waals surface area contributed by atoms with E-state index in [1.165, 1.54) is 12.3 Å². The molecule has 188 valence electrons. The third kappa shape index (κ3) is 3.68. The van der Waals surface area contributed by atoms with E-state index in [9.17, 15) is 14.3 Å². The first-order chi connectivity index (χ1) is 18.0. The van der Waals surface area contributed by atoms with Gasteiger partial charge in [0, 0.05) is 47.1 Å². The second kappa shape index (κ2) is 8.19.